The molecular formula is C31H38N8. The van der Waals surface area contributed by atoms with E-state index in [2.05, 4.69) is 88.3 Å². The summed E-state index contributed by atoms with van der Waals surface area (Å²) in [7, 11) is 0. The van der Waals surface area contributed by atoms with Crippen LogP contribution in [0.2, 0.25) is 0 Å². The average molecular weight is 523 g/mol. The molecule has 8 heteroatoms. The number of pyridine rings is 1. The van der Waals surface area contributed by atoms with Crippen LogP contribution in [0.1, 0.15) is 45.4 Å². The number of rotatable bonds is 9. The molecule has 2 aromatic rings. The molecule has 39 heavy (non-hydrogen) atoms. The van der Waals surface area contributed by atoms with E-state index in [9.17, 15) is 0 Å². The number of hydrazone groups is 1. The molecule has 1 saturated heterocycles. The zero-order chi connectivity index (χ0) is 27.2. The zero-order valence-corrected chi connectivity index (χ0v) is 23.0. The van der Waals surface area contributed by atoms with Crippen molar-refractivity contribution in [3.63, 3.8) is 0 Å². The normalized spacial score (nSPS) is 22.3. The fourth-order valence-electron chi connectivity index (χ4n) is 5.10. The lowest BCUT2D eigenvalue weighted by atomic mass is 9.94. The fourth-order valence-corrected chi connectivity index (χ4v) is 5.10. The third kappa shape index (κ3) is 5.96. The lowest BCUT2D eigenvalue weighted by molar-refractivity contribution is 0.589. The number of nitrogens with zero attached hydrogens (tertiary/aromatic N) is 4. The van der Waals surface area contributed by atoms with Crippen LogP contribution in [0, 0.1) is 0 Å². The molecule has 0 aromatic carbocycles. The Bertz CT molecular complexity index is 1440. The van der Waals surface area contributed by atoms with Crippen LogP contribution in [0.25, 0.3) is 11.0 Å². The molecule has 0 saturated carbocycles. The molecule has 0 amide bonds. The molecule has 2 aliphatic heterocycles. The highest BCUT2D eigenvalue weighted by molar-refractivity contribution is 6.12. The van der Waals surface area contributed by atoms with Gasteiger partial charge in [-0.05, 0) is 67.2 Å². The summed E-state index contributed by atoms with van der Waals surface area (Å²) >= 11 is 0. The molecule has 8 nitrogen and oxygen atoms in total. The number of H-pyrrole nitrogens is 1. The predicted octanol–water partition coefficient (Wildman–Crippen LogP) is 5.12. The van der Waals surface area contributed by atoms with Gasteiger partial charge in [-0.2, -0.15) is 5.10 Å². The number of fused-ring (bicyclic) bond motifs is 4. The van der Waals surface area contributed by atoms with Crippen LogP contribution in [0.5, 0.6) is 0 Å². The summed E-state index contributed by atoms with van der Waals surface area (Å²) in [6.45, 7) is 16.1. The standard InChI is InChI=1S/C31H38N8/c1-5-8-21(4)34-25(7-3)18-22(6-2)23-9-11-26-12-10-24(17-23)29(38-37-26)31-35-27-19-33-20-28(30(27)36-31)39-15-13-32-14-16-39/h6-7,9,11,17-20,32,34,37H,3-5,8,10,12-16H2,1-2H3,(H,35,36)/b22-6+,23-9+,24-17+,25-18+,26-11+. The van der Waals surface area contributed by atoms with Crippen molar-refractivity contribution in [2.75, 3.05) is 31.1 Å². The van der Waals surface area contributed by atoms with Crippen LogP contribution < -0.4 is 21.0 Å². The molecule has 0 unspecified atom stereocenters. The van der Waals surface area contributed by atoms with Gasteiger partial charge in [0.1, 0.15) is 11.2 Å². The number of aromatic amines is 1. The van der Waals surface area contributed by atoms with Gasteiger partial charge in [0.15, 0.2) is 5.82 Å². The van der Waals surface area contributed by atoms with E-state index in [4.69, 9.17) is 10.1 Å². The van der Waals surface area contributed by atoms with Crippen LogP contribution in [0.15, 0.2) is 101 Å². The van der Waals surface area contributed by atoms with Crippen LogP contribution in [0.4, 0.5) is 5.69 Å². The number of hydrogen-bond acceptors (Lipinski definition) is 7. The van der Waals surface area contributed by atoms with Gasteiger partial charge in [-0.3, -0.25) is 10.4 Å². The minimum absolute atomic E-state index is 0.748. The molecule has 0 radical (unpaired) electrons. The largest absolute Gasteiger partial charge is 0.366 e. The van der Waals surface area contributed by atoms with Crippen molar-refractivity contribution < 1.29 is 0 Å². The summed E-state index contributed by atoms with van der Waals surface area (Å²) < 4.78 is 0. The molecule has 4 N–H and O–H groups in total. The first-order chi connectivity index (χ1) is 19.1. The van der Waals surface area contributed by atoms with Gasteiger partial charge in [0.25, 0.3) is 0 Å². The van der Waals surface area contributed by atoms with Gasteiger partial charge in [0.05, 0.1) is 23.6 Å². The Morgan fingerprint density at radius 2 is 2.03 bits per heavy atom. The van der Waals surface area contributed by atoms with Gasteiger partial charge in [-0.15, -0.1) is 0 Å². The SMILES string of the molecule is C=C\C(=C/C(=C\C)C1=C/C=C2\CC/C(=C\1)C(c1nc3c(N4CCNCC4)cncc3[nH]1)=NN2)NC(=C)CCC. The predicted molar refractivity (Wildman–Crippen MR) is 161 cm³/mol. The summed E-state index contributed by atoms with van der Waals surface area (Å²) in [5.41, 5.74) is 13.3. The van der Waals surface area contributed by atoms with E-state index < -0.39 is 0 Å². The Kier molecular flexibility index (Phi) is 8.22. The van der Waals surface area contributed by atoms with E-state index >= 15 is 0 Å². The second-order valence-corrected chi connectivity index (χ2v) is 9.96. The Balaban J connectivity index is 1.50. The molecule has 5 rings (SSSR count). The van der Waals surface area contributed by atoms with Crippen molar-refractivity contribution in [3.8, 4) is 0 Å². The van der Waals surface area contributed by atoms with Crippen LogP contribution >= 0.6 is 0 Å². The van der Waals surface area contributed by atoms with Gasteiger partial charge in [-0.25, -0.2) is 4.98 Å². The number of anilines is 1. The molecule has 202 valence electrons. The third-order valence-electron chi connectivity index (χ3n) is 7.18. The fraction of sp³-hybridized carbons (Fsp3) is 0.323. The van der Waals surface area contributed by atoms with Crippen LogP contribution in [0.3, 0.4) is 0 Å². The maximum absolute atomic E-state index is 5.07. The quantitative estimate of drug-likeness (QED) is 0.342. The lowest BCUT2D eigenvalue weighted by Gasteiger charge is -2.29. The summed E-state index contributed by atoms with van der Waals surface area (Å²) in [5.74, 6) is 0.748. The highest BCUT2D eigenvalue weighted by Gasteiger charge is 2.23. The van der Waals surface area contributed by atoms with Crippen LogP contribution in [-0.2, 0) is 0 Å². The van der Waals surface area contributed by atoms with Crippen molar-refractivity contribution >= 4 is 22.4 Å². The van der Waals surface area contributed by atoms with Crippen molar-refractivity contribution in [2.45, 2.75) is 39.5 Å². The minimum Gasteiger partial charge on any atom is -0.366 e. The summed E-state index contributed by atoms with van der Waals surface area (Å²) in [4.78, 5) is 15.4. The maximum Gasteiger partial charge on any atom is 0.159 e. The minimum atomic E-state index is 0.748. The molecule has 1 aliphatic carbocycles. The van der Waals surface area contributed by atoms with Gasteiger partial charge < -0.3 is 20.5 Å². The van der Waals surface area contributed by atoms with Gasteiger partial charge >= 0.3 is 0 Å². The number of piperazine rings is 1. The van der Waals surface area contributed by atoms with Gasteiger partial charge in [0, 0.05) is 43.3 Å². The Morgan fingerprint density at radius 3 is 2.79 bits per heavy atom. The summed E-state index contributed by atoms with van der Waals surface area (Å²) in [6, 6.07) is 0. The lowest BCUT2D eigenvalue weighted by Crippen LogP contribution is -2.43. The van der Waals surface area contributed by atoms with E-state index in [1.54, 1.807) is 0 Å². The first-order valence-corrected chi connectivity index (χ1v) is 13.8. The van der Waals surface area contributed by atoms with Crippen molar-refractivity contribution in [2.24, 2.45) is 5.10 Å². The Morgan fingerprint density at radius 1 is 1.18 bits per heavy atom. The van der Waals surface area contributed by atoms with Gasteiger partial charge in [-0.1, -0.05) is 38.7 Å². The molecule has 2 bridgehead atoms. The van der Waals surface area contributed by atoms with E-state index in [-0.39, 0.29) is 0 Å². The number of aromatic nitrogens is 3. The highest BCUT2D eigenvalue weighted by Crippen LogP contribution is 2.29. The Labute approximate surface area is 230 Å². The molecule has 0 atom stereocenters. The summed E-state index contributed by atoms with van der Waals surface area (Å²) in [6.07, 6.45) is 20.1. The van der Waals surface area contributed by atoms with Crippen molar-refractivity contribution in [3.05, 3.63) is 102 Å². The topological polar surface area (TPSA) is 93.3 Å². The highest BCUT2D eigenvalue weighted by atomic mass is 15.3. The maximum atomic E-state index is 5.07. The second kappa shape index (κ2) is 12.1. The molecule has 2 aromatic heterocycles. The van der Waals surface area contributed by atoms with Crippen molar-refractivity contribution in [1.82, 2.24) is 31.0 Å². The first-order valence-electron chi connectivity index (χ1n) is 13.8. The van der Waals surface area contributed by atoms with E-state index in [1.165, 1.54) is 0 Å². The Hall–Kier alpha value is -4.17. The molecule has 4 heterocycles. The summed E-state index contributed by atoms with van der Waals surface area (Å²) in [5, 5.41) is 11.6. The molecule has 0 spiro atoms. The number of imidazole rings is 1. The van der Waals surface area contributed by atoms with Crippen LogP contribution in [-0.4, -0.2) is 46.8 Å². The first kappa shape index (κ1) is 26.4. The molecule has 3 aliphatic rings. The third-order valence-corrected chi connectivity index (χ3v) is 7.18. The zero-order valence-electron chi connectivity index (χ0n) is 23.0. The second-order valence-electron chi connectivity index (χ2n) is 9.96. The van der Waals surface area contributed by atoms with E-state index in [0.717, 1.165) is 114 Å². The van der Waals surface area contributed by atoms with Gasteiger partial charge in [0.2, 0.25) is 0 Å². The molecule has 1 fully saturated rings. The average Bonchev–Trinajstić information content (AvgIpc) is 3.31. The molecular weight excluding hydrogens is 484 g/mol. The van der Waals surface area contributed by atoms with Crippen molar-refractivity contribution in [1.29, 1.82) is 0 Å². The number of hydrogen-bond donors (Lipinski definition) is 4. The number of allylic oxidation sites excluding steroid dienone is 11. The smallest absolute Gasteiger partial charge is 0.159 e. The number of nitrogens with one attached hydrogen (secondary N) is 4. The monoisotopic (exact) mass is 522 g/mol. The van der Waals surface area contributed by atoms with E-state index in [0.29, 0.717) is 0 Å². The van der Waals surface area contributed by atoms with E-state index in [1.807, 2.05) is 18.5 Å².